The molecule has 0 fully saturated rings. The van der Waals surface area contributed by atoms with Gasteiger partial charge in [0.1, 0.15) is 0 Å². The van der Waals surface area contributed by atoms with Gasteiger partial charge in [-0.15, -0.1) is 0 Å². The molecule has 0 aliphatic heterocycles. The van der Waals surface area contributed by atoms with Crippen LogP contribution in [0.3, 0.4) is 0 Å². The van der Waals surface area contributed by atoms with Crippen LogP contribution in [0.15, 0.2) is 18.2 Å². The van der Waals surface area contributed by atoms with Crippen LogP contribution in [0.1, 0.15) is 13.8 Å². The standard InChI is InChI=1S/C11H18ClN3O2S/c1-4-15(5-2)18(16,17)14(3)11-8-9(12)6-7-10(11)13/h6-8H,4-5,13H2,1-3H3. The fourth-order valence-electron chi connectivity index (χ4n) is 1.64. The summed E-state index contributed by atoms with van der Waals surface area (Å²) in [6, 6.07) is 4.75. The lowest BCUT2D eigenvalue weighted by Gasteiger charge is -2.27. The molecule has 7 heteroatoms. The van der Waals surface area contributed by atoms with E-state index in [0.717, 1.165) is 4.31 Å². The molecule has 5 nitrogen and oxygen atoms in total. The number of halogens is 1. The Bertz CT molecular complexity index is 515. The number of benzene rings is 1. The zero-order chi connectivity index (χ0) is 13.9. The molecular formula is C11H18ClN3O2S. The number of nitrogens with zero attached hydrogens (tertiary/aromatic N) is 2. The molecule has 1 aromatic carbocycles. The number of nitrogens with two attached hydrogens (primary N) is 1. The SMILES string of the molecule is CCN(CC)S(=O)(=O)N(C)c1cc(Cl)ccc1N. The minimum Gasteiger partial charge on any atom is -0.397 e. The van der Waals surface area contributed by atoms with Crippen LogP contribution in [-0.2, 0) is 10.2 Å². The predicted molar refractivity (Wildman–Crippen MR) is 76.1 cm³/mol. The van der Waals surface area contributed by atoms with Gasteiger partial charge in [-0.05, 0) is 18.2 Å². The van der Waals surface area contributed by atoms with E-state index in [-0.39, 0.29) is 0 Å². The molecule has 0 aliphatic carbocycles. The van der Waals surface area contributed by atoms with Gasteiger partial charge in [-0.2, -0.15) is 12.7 Å². The molecule has 0 aromatic heterocycles. The lowest BCUT2D eigenvalue weighted by Crippen LogP contribution is -2.42. The summed E-state index contributed by atoms with van der Waals surface area (Å²) in [4.78, 5) is 0. The number of hydrogen-bond donors (Lipinski definition) is 1. The van der Waals surface area contributed by atoms with Crippen LogP contribution in [0.25, 0.3) is 0 Å². The molecule has 0 saturated carbocycles. The van der Waals surface area contributed by atoms with E-state index in [1.54, 1.807) is 26.0 Å². The maximum Gasteiger partial charge on any atom is 0.303 e. The van der Waals surface area contributed by atoms with Crippen molar-refractivity contribution in [2.75, 3.05) is 30.2 Å². The van der Waals surface area contributed by atoms with Crippen LogP contribution < -0.4 is 10.0 Å². The van der Waals surface area contributed by atoms with E-state index in [4.69, 9.17) is 17.3 Å². The van der Waals surface area contributed by atoms with E-state index >= 15 is 0 Å². The molecule has 0 spiro atoms. The Morgan fingerprint density at radius 2 is 1.83 bits per heavy atom. The van der Waals surface area contributed by atoms with Crippen molar-refractivity contribution in [1.29, 1.82) is 0 Å². The second-order valence-corrected chi connectivity index (χ2v) is 6.16. The minimum atomic E-state index is -3.57. The van der Waals surface area contributed by atoms with Crippen molar-refractivity contribution in [3.8, 4) is 0 Å². The molecule has 1 aromatic rings. The van der Waals surface area contributed by atoms with Gasteiger partial charge in [-0.3, -0.25) is 4.31 Å². The van der Waals surface area contributed by atoms with Crippen molar-refractivity contribution < 1.29 is 8.42 Å². The molecule has 0 radical (unpaired) electrons. The van der Waals surface area contributed by atoms with Crippen LogP contribution in [0, 0.1) is 0 Å². The monoisotopic (exact) mass is 291 g/mol. The predicted octanol–water partition coefficient (Wildman–Crippen LogP) is 1.94. The van der Waals surface area contributed by atoms with Crippen LogP contribution in [0.5, 0.6) is 0 Å². The fourth-order valence-corrected chi connectivity index (χ4v) is 3.21. The molecule has 18 heavy (non-hydrogen) atoms. The lowest BCUT2D eigenvalue weighted by molar-refractivity contribution is 0.444. The Morgan fingerprint density at radius 3 is 2.33 bits per heavy atom. The first-order valence-electron chi connectivity index (χ1n) is 5.63. The fraction of sp³-hybridized carbons (Fsp3) is 0.455. The quantitative estimate of drug-likeness (QED) is 0.843. The third-order valence-corrected chi connectivity index (χ3v) is 5.00. The highest BCUT2D eigenvalue weighted by molar-refractivity contribution is 7.90. The van der Waals surface area contributed by atoms with E-state index in [1.165, 1.54) is 17.4 Å². The average molecular weight is 292 g/mol. The maximum atomic E-state index is 12.3. The lowest BCUT2D eigenvalue weighted by atomic mass is 10.3. The van der Waals surface area contributed by atoms with Crippen molar-refractivity contribution in [2.24, 2.45) is 0 Å². The third-order valence-electron chi connectivity index (χ3n) is 2.71. The molecule has 0 atom stereocenters. The van der Waals surface area contributed by atoms with E-state index in [0.29, 0.717) is 29.5 Å². The molecule has 102 valence electrons. The number of rotatable bonds is 5. The number of hydrogen-bond acceptors (Lipinski definition) is 3. The second kappa shape index (κ2) is 5.77. The van der Waals surface area contributed by atoms with Gasteiger partial charge in [0.05, 0.1) is 11.4 Å². The highest BCUT2D eigenvalue weighted by Crippen LogP contribution is 2.28. The molecular weight excluding hydrogens is 274 g/mol. The van der Waals surface area contributed by atoms with Gasteiger partial charge in [0, 0.05) is 25.2 Å². The van der Waals surface area contributed by atoms with Crippen LogP contribution in [-0.4, -0.2) is 32.9 Å². The van der Waals surface area contributed by atoms with Gasteiger partial charge >= 0.3 is 10.2 Å². The summed E-state index contributed by atoms with van der Waals surface area (Å²) in [5.41, 5.74) is 6.54. The van der Waals surface area contributed by atoms with Gasteiger partial charge in [0.25, 0.3) is 0 Å². The largest absolute Gasteiger partial charge is 0.397 e. The zero-order valence-electron chi connectivity index (χ0n) is 10.7. The van der Waals surface area contributed by atoms with Crippen molar-refractivity contribution in [3.05, 3.63) is 23.2 Å². The Labute approximate surface area is 113 Å². The zero-order valence-corrected chi connectivity index (χ0v) is 12.3. The minimum absolute atomic E-state index is 0.373. The van der Waals surface area contributed by atoms with Gasteiger partial charge in [0.15, 0.2) is 0 Å². The van der Waals surface area contributed by atoms with Gasteiger partial charge in [-0.25, -0.2) is 0 Å². The molecule has 0 bridgehead atoms. The maximum absolute atomic E-state index is 12.3. The van der Waals surface area contributed by atoms with Crippen LogP contribution in [0.4, 0.5) is 11.4 Å². The molecule has 0 saturated heterocycles. The highest BCUT2D eigenvalue weighted by Gasteiger charge is 2.26. The molecule has 0 amide bonds. The highest BCUT2D eigenvalue weighted by atomic mass is 35.5. The normalized spacial score (nSPS) is 11.8. The van der Waals surface area contributed by atoms with E-state index in [9.17, 15) is 8.42 Å². The van der Waals surface area contributed by atoms with Crippen molar-refractivity contribution in [2.45, 2.75) is 13.8 Å². The Hall–Kier alpha value is -0.980. The van der Waals surface area contributed by atoms with Crippen molar-refractivity contribution in [1.82, 2.24) is 4.31 Å². The first-order chi connectivity index (χ1) is 8.34. The Balaban J connectivity index is 3.21. The van der Waals surface area contributed by atoms with Crippen LogP contribution in [0.2, 0.25) is 5.02 Å². The molecule has 0 heterocycles. The summed E-state index contributed by atoms with van der Waals surface area (Å²) >= 11 is 5.87. The van der Waals surface area contributed by atoms with E-state index < -0.39 is 10.2 Å². The topological polar surface area (TPSA) is 66.6 Å². The first kappa shape index (κ1) is 15.1. The molecule has 2 N–H and O–H groups in total. The van der Waals surface area contributed by atoms with Gasteiger partial charge in [0.2, 0.25) is 0 Å². The molecule has 1 rings (SSSR count). The van der Waals surface area contributed by atoms with Crippen molar-refractivity contribution >= 4 is 33.2 Å². The van der Waals surface area contributed by atoms with Crippen molar-refractivity contribution in [3.63, 3.8) is 0 Å². The first-order valence-corrected chi connectivity index (χ1v) is 7.41. The summed E-state index contributed by atoms with van der Waals surface area (Å²) < 4.78 is 27.1. The number of anilines is 2. The summed E-state index contributed by atoms with van der Waals surface area (Å²) in [5, 5.41) is 0.445. The smallest absolute Gasteiger partial charge is 0.303 e. The van der Waals surface area contributed by atoms with Gasteiger partial charge < -0.3 is 5.73 Å². The summed E-state index contributed by atoms with van der Waals surface area (Å²) in [6.45, 7) is 4.39. The Morgan fingerprint density at radius 1 is 1.28 bits per heavy atom. The average Bonchev–Trinajstić information content (AvgIpc) is 2.32. The van der Waals surface area contributed by atoms with Gasteiger partial charge in [-0.1, -0.05) is 25.4 Å². The van der Waals surface area contributed by atoms with Crippen LogP contribution >= 0.6 is 11.6 Å². The van der Waals surface area contributed by atoms with E-state index in [2.05, 4.69) is 0 Å². The summed E-state index contributed by atoms with van der Waals surface area (Å²) in [7, 11) is -2.10. The Kier molecular flexibility index (Phi) is 4.84. The molecule has 0 aliphatic rings. The van der Waals surface area contributed by atoms with E-state index in [1.807, 2.05) is 0 Å². The molecule has 0 unspecified atom stereocenters. The summed E-state index contributed by atoms with van der Waals surface area (Å²) in [5.74, 6) is 0. The number of nitrogen functional groups attached to an aromatic ring is 1. The summed E-state index contributed by atoms with van der Waals surface area (Å²) in [6.07, 6.45) is 0. The third kappa shape index (κ3) is 2.88. The second-order valence-electron chi connectivity index (χ2n) is 3.76.